The molecule has 4 rings (SSSR count). The van der Waals surface area contributed by atoms with Crippen molar-refractivity contribution >= 4 is 51.6 Å². The highest BCUT2D eigenvalue weighted by atomic mass is 35.5. The summed E-state index contributed by atoms with van der Waals surface area (Å²) in [6.07, 6.45) is 1.48. The molecule has 0 heterocycles. The van der Waals surface area contributed by atoms with E-state index in [4.69, 9.17) is 27.9 Å². The van der Waals surface area contributed by atoms with Crippen LogP contribution in [-0.4, -0.2) is 5.91 Å². The van der Waals surface area contributed by atoms with Crippen LogP contribution in [0.15, 0.2) is 84.4 Å². The summed E-state index contributed by atoms with van der Waals surface area (Å²) in [6, 6.07) is 26.5. The van der Waals surface area contributed by atoms with Crippen molar-refractivity contribution in [2.45, 2.75) is 13.5 Å². The predicted octanol–water partition coefficient (Wildman–Crippen LogP) is 7.58. The number of carbonyl (C=O) groups is 1. The summed E-state index contributed by atoms with van der Waals surface area (Å²) in [7, 11) is 0. The summed E-state index contributed by atoms with van der Waals surface area (Å²) in [5, 5.41) is 15.4. The molecule has 0 aliphatic heterocycles. The maximum absolute atomic E-state index is 12.5. The monoisotopic (exact) mass is 486 g/mol. The second-order valence-electron chi connectivity index (χ2n) is 7.75. The van der Waals surface area contributed by atoms with Gasteiger partial charge >= 0.3 is 0 Å². The molecule has 0 atom stereocenters. The SMILES string of the molecule is Cc1ccc(NC(=O)/C(C#N)=C/c2ccc(OCc3ccc4ccccc4c3)c(Cl)c2)cc1Cl. The van der Waals surface area contributed by atoms with Gasteiger partial charge in [-0.2, -0.15) is 5.26 Å². The zero-order chi connectivity index (χ0) is 24.1. The lowest BCUT2D eigenvalue weighted by atomic mass is 10.1. The fraction of sp³-hybridized carbons (Fsp3) is 0.0714. The number of nitrogens with one attached hydrogen (secondary N) is 1. The van der Waals surface area contributed by atoms with Crippen LogP contribution in [0.25, 0.3) is 16.8 Å². The molecule has 0 unspecified atom stereocenters. The average Bonchev–Trinajstić information content (AvgIpc) is 2.84. The van der Waals surface area contributed by atoms with Crippen molar-refractivity contribution in [2.75, 3.05) is 5.32 Å². The van der Waals surface area contributed by atoms with Crippen molar-refractivity contribution in [1.82, 2.24) is 0 Å². The number of nitriles is 1. The molecule has 0 aromatic heterocycles. The van der Waals surface area contributed by atoms with Crippen LogP contribution in [0.5, 0.6) is 5.75 Å². The van der Waals surface area contributed by atoms with E-state index in [1.807, 2.05) is 31.2 Å². The second kappa shape index (κ2) is 10.4. The molecule has 168 valence electrons. The third-order valence-electron chi connectivity index (χ3n) is 5.27. The summed E-state index contributed by atoms with van der Waals surface area (Å²) in [4.78, 5) is 12.5. The number of fused-ring (bicyclic) bond motifs is 1. The number of hydrogen-bond donors (Lipinski definition) is 1. The third kappa shape index (κ3) is 5.58. The minimum absolute atomic E-state index is 0.0578. The van der Waals surface area contributed by atoms with Crippen LogP contribution in [0.1, 0.15) is 16.7 Å². The van der Waals surface area contributed by atoms with E-state index in [1.54, 1.807) is 36.4 Å². The zero-order valence-corrected chi connectivity index (χ0v) is 19.8. The van der Waals surface area contributed by atoms with Gasteiger partial charge in [-0.15, -0.1) is 0 Å². The van der Waals surface area contributed by atoms with Crippen molar-refractivity contribution < 1.29 is 9.53 Å². The van der Waals surface area contributed by atoms with E-state index in [-0.39, 0.29) is 5.57 Å². The highest BCUT2D eigenvalue weighted by Crippen LogP contribution is 2.28. The minimum atomic E-state index is -0.532. The summed E-state index contributed by atoms with van der Waals surface area (Å²) < 4.78 is 5.90. The first-order valence-corrected chi connectivity index (χ1v) is 11.3. The maximum Gasteiger partial charge on any atom is 0.266 e. The van der Waals surface area contributed by atoms with Crippen LogP contribution in [0, 0.1) is 18.3 Å². The number of carbonyl (C=O) groups excluding carboxylic acids is 1. The van der Waals surface area contributed by atoms with E-state index in [1.165, 1.54) is 11.5 Å². The van der Waals surface area contributed by atoms with Gasteiger partial charge in [-0.05, 0) is 70.8 Å². The van der Waals surface area contributed by atoms with Crippen molar-refractivity contribution in [3.8, 4) is 11.8 Å². The predicted molar refractivity (Wildman–Crippen MR) is 138 cm³/mol. The molecule has 34 heavy (non-hydrogen) atoms. The molecule has 4 aromatic rings. The van der Waals surface area contributed by atoms with Crippen LogP contribution < -0.4 is 10.1 Å². The van der Waals surface area contributed by atoms with Crippen molar-refractivity contribution in [2.24, 2.45) is 0 Å². The molecular formula is C28H20Cl2N2O2. The van der Waals surface area contributed by atoms with Gasteiger partial charge in [0, 0.05) is 10.7 Å². The number of amides is 1. The van der Waals surface area contributed by atoms with Crippen molar-refractivity contribution in [3.05, 3.63) is 111 Å². The fourth-order valence-corrected chi connectivity index (χ4v) is 3.82. The van der Waals surface area contributed by atoms with Gasteiger partial charge in [0.15, 0.2) is 0 Å². The lowest BCUT2D eigenvalue weighted by Gasteiger charge is -2.10. The second-order valence-corrected chi connectivity index (χ2v) is 8.56. The Labute approximate surface area is 208 Å². The number of ether oxygens (including phenoxy) is 1. The van der Waals surface area contributed by atoms with Crippen molar-refractivity contribution in [1.29, 1.82) is 5.26 Å². The van der Waals surface area contributed by atoms with Crippen LogP contribution in [0.2, 0.25) is 10.0 Å². The van der Waals surface area contributed by atoms with E-state index in [0.29, 0.717) is 33.7 Å². The van der Waals surface area contributed by atoms with Gasteiger partial charge in [0.25, 0.3) is 5.91 Å². The standard InChI is InChI=1S/C28H20Cl2N2O2/c1-18-6-10-24(15-25(18)29)32-28(33)23(16-31)12-19-8-11-27(26(30)14-19)34-17-20-7-9-21-4-2-3-5-22(21)13-20/h2-15H,17H2,1H3,(H,32,33)/b23-12+. The zero-order valence-electron chi connectivity index (χ0n) is 18.3. The summed E-state index contributed by atoms with van der Waals surface area (Å²) in [5.41, 5.74) is 2.98. The lowest BCUT2D eigenvalue weighted by Crippen LogP contribution is -2.13. The summed E-state index contributed by atoms with van der Waals surface area (Å²) in [6.45, 7) is 2.23. The number of nitrogens with zero attached hydrogens (tertiary/aromatic N) is 1. The average molecular weight is 487 g/mol. The molecule has 0 spiro atoms. The van der Waals surface area contributed by atoms with E-state index in [0.717, 1.165) is 16.5 Å². The number of hydrogen-bond acceptors (Lipinski definition) is 3. The van der Waals surface area contributed by atoms with E-state index < -0.39 is 5.91 Å². The Morgan fingerprint density at radius 1 is 0.971 bits per heavy atom. The molecule has 6 heteroatoms. The first-order valence-electron chi connectivity index (χ1n) is 10.5. The number of aryl methyl sites for hydroxylation is 1. The van der Waals surface area contributed by atoms with Crippen LogP contribution in [-0.2, 0) is 11.4 Å². The topological polar surface area (TPSA) is 62.1 Å². The smallest absolute Gasteiger partial charge is 0.266 e. The van der Waals surface area contributed by atoms with E-state index in [9.17, 15) is 10.1 Å². The Bertz CT molecular complexity index is 1450. The third-order valence-corrected chi connectivity index (χ3v) is 5.97. The Morgan fingerprint density at radius 2 is 1.76 bits per heavy atom. The van der Waals surface area contributed by atoms with Gasteiger partial charge < -0.3 is 10.1 Å². The largest absolute Gasteiger partial charge is 0.487 e. The molecular weight excluding hydrogens is 467 g/mol. The maximum atomic E-state index is 12.5. The van der Waals surface area contributed by atoms with Gasteiger partial charge in [-0.25, -0.2) is 0 Å². The van der Waals surface area contributed by atoms with E-state index in [2.05, 4.69) is 29.6 Å². The normalized spacial score (nSPS) is 11.2. The van der Waals surface area contributed by atoms with Crippen molar-refractivity contribution in [3.63, 3.8) is 0 Å². The molecule has 4 aromatic carbocycles. The summed E-state index contributed by atoms with van der Waals surface area (Å²) >= 11 is 12.5. The summed E-state index contributed by atoms with van der Waals surface area (Å²) in [5.74, 6) is -0.0144. The Kier molecular flexibility index (Phi) is 7.18. The van der Waals surface area contributed by atoms with Gasteiger partial charge in [0.1, 0.15) is 24.0 Å². The molecule has 1 N–H and O–H groups in total. The highest BCUT2D eigenvalue weighted by Gasteiger charge is 2.11. The Hall–Kier alpha value is -3.78. The molecule has 0 aliphatic rings. The molecule has 0 bridgehead atoms. The molecule has 0 saturated heterocycles. The quantitative estimate of drug-likeness (QED) is 0.225. The fourth-order valence-electron chi connectivity index (χ4n) is 3.40. The Balaban J connectivity index is 1.45. The first kappa shape index (κ1) is 23.4. The van der Waals surface area contributed by atoms with E-state index >= 15 is 0 Å². The number of anilines is 1. The molecule has 1 amide bonds. The first-order chi connectivity index (χ1) is 16.4. The molecule has 0 radical (unpaired) electrons. The van der Waals surface area contributed by atoms with Gasteiger partial charge in [0.05, 0.1) is 5.02 Å². The lowest BCUT2D eigenvalue weighted by molar-refractivity contribution is -0.112. The molecule has 0 aliphatic carbocycles. The van der Waals surface area contributed by atoms with Gasteiger partial charge in [-0.1, -0.05) is 71.7 Å². The van der Waals surface area contributed by atoms with Crippen LogP contribution in [0.3, 0.4) is 0 Å². The number of halogens is 2. The highest BCUT2D eigenvalue weighted by molar-refractivity contribution is 6.32. The van der Waals surface area contributed by atoms with Gasteiger partial charge in [-0.3, -0.25) is 4.79 Å². The minimum Gasteiger partial charge on any atom is -0.487 e. The molecule has 4 nitrogen and oxygen atoms in total. The molecule has 0 fully saturated rings. The Morgan fingerprint density at radius 3 is 2.50 bits per heavy atom. The van der Waals surface area contributed by atoms with Crippen LogP contribution >= 0.6 is 23.2 Å². The van der Waals surface area contributed by atoms with Gasteiger partial charge in [0.2, 0.25) is 0 Å². The molecule has 0 saturated carbocycles. The number of benzene rings is 4. The number of rotatable bonds is 6. The van der Waals surface area contributed by atoms with Crippen LogP contribution in [0.4, 0.5) is 5.69 Å².